The standard InChI is InChI=1S/C5H12ClNO3S/c1-3-7(4-2)11(8,9)5-10-6/h3-5H2,1-2H3. The van der Waals surface area contributed by atoms with Crippen molar-refractivity contribution in [1.82, 2.24) is 4.31 Å². The van der Waals surface area contributed by atoms with E-state index in [4.69, 9.17) is 11.9 Å². The van der Waals surface area contributed by atoms with Crippen LogP contribution in [0.4, 0.5) is 0 Å². The minimum Gasteiger partial charge on any atom is -0.261 e. The Bertz CT molecular complexity index is 188. The monoisotopic (exact) mass is 201 g/mol. The van der Waals surface area contributed by atoms with Gasteiger partial charge in [0.2, 0.25) is 10.0 Å². The van der Waals surface area contributed by atoms with Gasteiger partial charge in [-0.2, -0.15) is 0 Å². The third-order valence-electron chi connectivity index (χ3n) is 1.29. The highest BCUT2D eigenvalue weighted by molar-refractivity contribution is 7.88. The number of hydrogen-bond acceptors (Lipinski definition) is 3. The summed E-state index contributed by atoms with van der Waals surface area (Å²) >= 11 is 4.84. The fourth-order valence-electron chi connectivity index (χ4n) is 0.748. The van der Waals surface area contributed by atoms with E-state index in [0.29, 0.717) is 13.1 Å². The number of nitrogens with zero attached hydrogens (tertiary/aromatic N) is 1. The summed E-state index contributed by atoms with van der Waals surface area (Å²) in [4.78, 5) is 0. The van der Waals surface area contributed by atoms with E-state index >= 15 is 0 Å². The summed E-state index contributed by atoms with van der Waals surface area (Å²) in [5, 5.41) is 0. The molecule has 0 rings (SSSR count). The van der Waals surface area contributed by atoms with Gasteiger partial charge >= 0.3 is 0 Å². The lowest BCUT2D eigenvalue weighted by Crippen LogP contribution is -2.32. The van der Waals surface area contributed by atoms with Crippen LogP contribution in [0.25, 0.3) is 0 Å². The Balaban J connectivity index is 4.26. The number of rotatable bonds is 5. The van der Waals surface area contributed by atoms with E-state index in [9.17, 15) is 8.42 Å². The van der Waals surface area contributed by atoms with Crippen LogP contribution >= 0.6 is 11.9 Å². The van der Waals surface area contributed by atoms with Crippen LogP contribution in [0.3, 0.4) is 0 Å². The third kappa shape index (κ3) is 3.37. The number of halogens is 1. The zero-order valence-electron chi connectivity index (χ0n) is 6.58. The first-order valence-corrected chi connectivity index (χ1v) is 5.21. The number of sulfonamides is 1. The Kier molecular flexibility index (Phi) is 4.99. The molecule has 0 amide bonds. The van der Waals surface area contributed by atoms with Crippen molar-refractivity contribution in [3.8, 4) is 0 Å². The largest absolute Gasteiger partial charge is 0.261 e. The molecule has 0 spiro atoms. The lowest BCUT2D eigenvalue weighted by Gasteiger charge is -2.16. The summed E-state index contributed by atoms with van der Waals surface area (Å²) in [6, 6.07) is 0. The molecule has 0 aromatic heterocycles. The molecule has 0 aliphatic rings. The second-order valence-corrected chi connectivity index (χ2v) is 4.06. The van der Waals surface area contributed by atoms with Crippen molar-refractivity contribution in [2.45, 2.75) is 13.8 Å². The molecule has 0 aliphatic heterocycles. The van der Waals surface area contributed by atoms with E-state index in [2.05, 4.69) is 4.29 Å². The minimum atomic E-state index is -3.29. The van der Waals surface area contributed by atoms with Gasteiger partial charge in [0, 0.05) is 13.1 Å². The van der Waals surface area contributed by atoms with Gasteiger partial charge in [0.05, 0.1) is 11.9 Å². The Morgan fingerprint density at radius 3 is 2.09 bits per heavy atom. The highest BCUT2D eigenvalue weighted by atomic mass is 35.5. The van der Waals surface area contributed by atoms with Crippen LogP contribution < -0.4 is 0 Å². The molecule has 0 aromatic rings. The minimum absolute atomic E-state index is 0.444. The molecule has 0 fully saturated rings. The van der Waals surface area contributed by atoms with Gasteiger partial charge in [-0.25, -0.2) is 12.7 Å². The predicted molar refractivity (Wildman–Crippen MR) is 43.6 cm³/mol. The van der Waals surface area contributed by atoms with E-state index in [-0.39, 0.29) is 0 Å². The highest BCUT2D eigenvalue weighted by Crippen LogP contribution is 2.01. The second-order valence-electron chi connectivity index (χ2n) is 1.92. The summed E-state index contributed by atoms with van der Waals surface area (Å²) in [6.07, 6.45) is 0. The normalized spacial score (nSPS) is 12.4. The molecule has 0 aromatic carbocycles. The van der Waals surface area contributed by atoms with Crippen molar-refractivity contribution >= 4 is 21.9 Å². The second kappa shape index (κ2) is 4.92. The highest BCUT2D eigenvalue weighted by Gasteiger charge is 2.18. The van der Waals surface area contributed by atoms with Gasteiger partial charge in [0.1, 0.15) is 0 Å². The molecule has 0 unspecified atom stereocenters. The van der Waals surface area contributed by atoms with Crippen LogP contribution in [-0.4, -0.2) is 31.8 Å². The molecule has 0 radical (unpaired) electrons. The molecule has 4 nitrogen and oxygen atoms in total. The van der Waals surface area contributed by atoms with Gasteiger partial charge in [-0.3, -0.25) is 4.29 Å². The Morgan fingerprint density at radius 2 is 1.82 bits per heavy atom. The molecular weight excluding hydrogens is 190 g/mol. The molecule has 0 atom stereocenters. The first-order valence-electron chi connectivity index (χ1n) is 3.29. The predicted octanol–water partition coefficient (Wildman–Crippen LogP) is 0.786. The van der Waals surface area contributed by atoms with Crippen LogP contribution in [0.1, 0.15) is 13.8 Å². The van der Waals surface area contributed by atoms with Gasteiger partial charge in [-0.15, -0.1) is 0 Å². The van der Waals surface area contributed by atoms with Crippen LogP contribution in [-0.2, 0) is 14.3 Å². The SMILES string of the molecule is CCN(CC)S(=O)(=O)COCl. The van der Waals surface area contributed by atoms with Crippen molar-refractivity contribution in [1.29, 1.82) is 0 Å². The molecular formula is C5H12ClNO3S. The maximum absolute atomic E-state index is 11.1. The third-order valence-corrected chi connectivity index (χ3v) is 3.25. The Hall–Kier alpha value is 0.160. The summed E-state index contributed by atoms with van der Waals surface area (Å²) in [5.74, 6) is -0.462. The summed E-state index contributed by atoms with van der Waals surface area (Å²) in [6.45, 7) is 4.41. The molecule has 0 saturated carbocycles. The molecule has 0 aliphatic carbocycles. The first-order chi connectivity index (χ1) is 5.08. The van der Waals surface area contributed by atoms with E-state index in [1.54, 1.807) is 13.8 Å². The zero-order chi connectivity index (χ0) is 8.91. The summed E-state index contributed by atoms with van der Waals surface area (Å²) in [5.41, 5.74) is 0. The number of hydrogen-bond donors (Lipinski definition) is 0. The summed E-state index contributed by atoms with van der Waals surface area (Å²) in [7, 11) is -3.29. The van der Waals surface area contributed by atoms with Crippen molar-refractivity contribution in [2.24, 2.45) is 0 Å². The fourth-order valence-corrected chi connectivity index (χ4v) is 2.13. The zero-order valence-corrected chi connectivity index (χ0v) is 8.15. The maximum Gasteiger partial charge on any atom is 0.240 e. The molecule has 0 heterocycles. The Morgan fingerprint density at radius 1 is 1.36 bits per heavy atom. The molecule has 0 bridgehead atoms. The van der Waals surface area contributed by atoms with Crippen molar-refractivity contribution in [3.63, 3.8) is 0 Å². The molecule has 6 heteroatoms. The molecule has 11 heavy (non-hydrogen) atoms. The molecule has 0 N–H and O–H groups in total. The van der Waals surface area contributed by atoms with Crippen LogP contribution in [0.15, 0.2) is 0 Å². The average molecular weight is 202 g/mol. The fraction of sp³-hybridized carbons (Fsp3) is 1.00. The smallest absolute Gasteiger partial charge is 0.240 e. The van der Waals surface area contributed by atoms with E-state index in [1.165, 1.54) is 4.31 Å². The van der Waals surface area contributed by atoms with Gasteiger partial charge in [0.15, 0.2) is 5.94 Å². The van der Waals surface area contributed by atoms with Crippen molar-refractivity contribution < 1.29 is 12.7 Å². The summed E-state index contributed by atoms with van der Waals surface area (Å²) < 4.78 is 27.5. The van der Waals surface area contributed by atoms with Gasteiger partial charge in [-0.05, 0) is 0 Å². The van der Waals surface area contributed by atoms with Crippen molar-refractivity contribution in [2.75, 3.05) is 19.0 Å². The van der Waals surface area contributed by atoms with Crippen LogP contribution in [0, 0.1) is 0 Å². The maximum atomic E-state index is 11.1. The lowest BCUT2D eigenvalue weighted by molar-refractivity contribution is 0.376. The van der Waals surface area contributed by atoms with Crippen LogP contribution in [0.2, 0.25) is 0 Å². The van der Waals surface area contributed by atoms with Gasteiger partial charge in [0.25, 0.3) is 0 Å². The van der Waals surface area contributed by atoms with Crippen molar-refractivity contribution in [3.05, 3.63) is 0 Å². The van der Waals surface area contributed by atoms with E-state index in [0.717, 1.165) is 0 Å². The van der Waals surface area contributed by atoms with E-state index in [1.807, 2.05) is 0 Å². The topological polar surface area (TPSA) is 46.6 Å². The first kappa shape index (κ1) is 11.2. The molecule has 68 valence electrons. The molecule has 0 saturated heterocycles. The quantitative estimate of drug-likeness (QED) is 0.661. The van der Waals surface area contributed by atoms with Gasteiger partial charge in [-0.1, -0.05) is 13.8 Å². The average Bonchev–Trinajstić information content (AvgIpc) is 1.89. The Labute approximate surface area is 72.3 Å². The van der Waals surface area contributed by atoms with Crippen LogP contribution in [0.5, 0.6) is 0 Å². The van der Waals surface area contributed by atoms with E-state index < -0.39 is 16.0 Å². The van der Waals surface area contributed by atoms with Gasteiger partial charge < -0.3 is 0 Å². The lowest BCUT2D eigenvalue weighted by atomic mass is 10.7.